The van der Waals surface area contributed by atoms with Gasteiger partial charge in [0.05, 0.1) is 18.6 Å². The quantitative estimate of drug-likeness (QED) is 0.583. The van der Waals surface area contributed by atoms with Gasteiger partial charge in [-0.1, -0.05) is 6.92 Å². The average molecular weight is 426 g/mol. The van der Waals surface area contributed by atoms with Gasteiger partial charge >= 0.3 is 0 Å². The first-order valence-corrected chi connectivity index (χ1v) is 12.3. The Labute approximate surface area is 175 Å². The number of rotatable bonds is 10. The van der Waals surface area contributed by atoms with Crippen molar-refractivity contribution < 1.29 is 17.9 Å². The molecular weight excluding hydrogens is 390 g/mol. The molecule has 164 valence electrons. The molecule has 1 unspecified atom stereocenters. The number of likely N-dealkylation sites (tertiary alicyclic amines) is 1. The van der Waals surface area contributed by atoms with Crippen LogP contribution in [-0.4, -0.2) is 64.3 Å². The third-order valence-electron chi connectivity index (χ3n) is 5.32. The predicted molar refractivity (Wildman–Crippen MR) is 117 cm³/mol. The van der Waals surface area contributed by atoms with Gasteiger partial charge in [-0.3, -0.25) is 9.10 Å². The van der Waals surface area contributed by atoms with E-state index in [1.54, 1.807) is 31.2 Å². The minimum Gasteiger partial charge on any atom is -0.494 e. The van der Waals surface area contributed by atoms with Gasteiger partial charge in [0.1, 0.15) is 11.8 Å². The third-order valence-corrected chi connectivity index (χ3v) is 6.56. The Hall–Kier alpha value is -1.80. The van der Waals surface area contributed by atoms with Crippen molar-refractivity contribution in [3.8, 4) is 5.75 Å². The van der Waals surface area contributed by atoms with Gasteiger partial charge in [0.2, 0.25) is 15.9 Å². The van der Waals surface area contributed by atoms with Gasteiger partial charge in [-0.25, -0.2) is 8.42 Å². The molecule has 0 spiro atoms. The summed E-state index contributed by atoms with van der Waals surface area (Å²) in [5.74, 6) is 1.17. The fourth-order valence-electron chi connectivity index (χ4n) is 3.61. The topological polar surface area (TPSA) is 79.0 Å². The largest absolute Gasteiger partial charge is 0.494 e. The molecule has 1 aliphatic rings. The number of carbonyl (C=O) groups excluding carboxylic acids is 1. The van der Waals surface area contributed by atoms with Crippen LogP contribution < -0.4 is 14.4 Å². The zero-order chi connectivity index (χ0) is 21.4. The number of nitrogens with zero attached hydrogens (tertiary/aromatic N) is 2. The first-order chi connectivity index (χ1) is 13.7. The van der Waals surface area contributed by atoms with Gasteiger partial charge < -0.3 is 15.0 Å². The first kappa shape index (κ1) is 23.5. The Morgan fingerprint density at radius 2 is 1.90 bits per heavy atom. The Bertz CT molecular complexity index is 744. The Kier molecular flexibility index (Phi) is 8.77. The maximum atomic E-state index is 12.6. The summed E-state index contributed by atoms with van der Waals surface area (Å²) >= 11 is 0. The summed E-state index contributed by atoms with van der Waals surface area (Å²) in [5, 5.41) is 2.89. The summed E-state index contributed by atoms with van der Waals surface area (Å²) in [5.41, 5.74) is 0.445. The highest BCUT2D eigenvalue weighted by molar-refractivity contribution is 7.92. The van der Waals surface area contributed by atoms with Crippen LogP contribution in [0.4, 0.5) is 5.69 Å². The van der Waals surface area contributed by atoms with Gasteiger partial charge in [0.15, 0.2) is 0 Å². The summed E-state index contributed by atoms with van der Waals surface area (Å²) in [7, 11) is -3.62. The second-order valence-electron chi connectivity index (χ2n) is 7.83. The zero-order valence-electron chi connectivity index (χ0n) is 18.1. The van der Waals surface area contributed by atoms with E-state index in [1.165, 1.54) is 12.8 Å². The van der Waals surface area contributed by atoms with Crippen LogP contribution in [-0.2, 0) is 14.8 Å². The molecule has 1 aliphatic heterocycles. The summed E-state index contributed by atoms with van der Waals surface area (Å²) < 4.78 is 31.3. The lowest BCUT2D eigenvalue weighted by molar-refractivity contribution is -0.121. The highest BCUT2D eigenvalue weighted by Crippen LogP contribution is 2.24. The minimum atomic E-state index is -3.62. The number of sulfonamides is 1. The standard InChI is InChI=1S/C21H35N3O4S/c1-5-28-20-9-7-19(8-10-20)24(29(4,26)27)18(3)21(25)22-13-6-14-23-15-11-17(2)12-16-23/h7-10,17-18H,5-6,11-16H2,1-4H3,(H,22,25). The molecule has 0 bridgehead atoms. The number of amides is 1. The van der Waals surface area contributed by atoms with Crippen molar-refractivity contribution in [1.29, 1.82) is 0 Å². The van der Waals surface area contributed by atoms with Crippen LogP contribution in [0.15, 0.2) is 24.3 Å². The van der Waals surface area contributed by atoms with Crippen molar-refractivity contribution in [3.05, 3.63) is 24.3 Å². The molecule has 1 aromatic carbocycles. The van der Waals surface area contributed by atoms with Gasteiger partial charge in [0.25, 0.3) is 0 Å². The van der Waals surface area contributed by atoms with Gasteiger partial charge in [0, 0.05) is 6.54 Å². The molecule has 1 saturated heterocycles. The molecule has 29 heavy (non-hydrogen) atoms. The summed E-state index contributed by atoms with van der Waals surface area (Å²) in [6.07, 6.45) is 4.43. The molecule has 0 radical (unpaired) electrons. The van der Waals surface area contributed by atoms with E-state index < -0.39 is 16.1 Å². The number of benzene rings is 1. The molecule has 1 atom stereocenters. The van der Waals surface area contributed by atoms with Crippen LogP contribution in [0.1, 0.15) is 40.0 Å². The van der Waals surface area contributed by atoms with Crippen molar-refractivity contribution in [1.82, 2.24) is 10.2 Å². The highest BCUT2D eigenvalue weighted by atomic mass is 32.2. The van der Waals surface area contributed by atoms with Crippen LogP contribution in [0, 0.1) is 5.92 Å². The van der Waals surface area contributed by atoms with Gasteiger partial charge in [-0.2, -0.15) is 0 Å². The SMILES string of the molecule is CCOc1ccc(N(C(C)C(=O)NCCCN2CCC(C)CC2)S(C)(=O)=O)cc1. The third kappa shape index (κ3) is 7.19. The average Bonchev–Trinajstić information content (AvgIpc) is 2.67. The predicted octanol–water partition coefficient (Wildman–Crippen LogP) is 2.48. The smallest absolute Gasteiger partial charge is 0.243 e. The van der Waals surface area contributed by atoms with Crippen LogP contribution in [0.3, 0.4) is 0 Å². The van der Waals surface area contributed by atoms with Crippen LogP contribution >= 0.6 is 0 Å². The van der Waals surface area contributed by atoms with E-state index in [4.69, 9.17) is 4.74 Å². The summed E-state index contributed by atoms with van der Waals surface area (Å²) in [4.78, 5) is 15.0. The molecule has 1 amide bonds. The summed E-state index contributed by atoms with van der Waals surface area (Å²) in [6.45, 7) is 10.0. The number of hydrogen-bond acceptors (Lipinski definition) is 5. The van der Waals surface area contributed by atoms with Crippen LogP contribution in [0.5, 0.6) is 5.75 Å². The van der Waals surface area contributed by atoms with E-state index in [2.05, 4.69) is 17.1 Å². The van der Waals surface area contributed by atoms with Crippen LogP contribution in [0.2, 0.25) is 0 Å². The van der Waals surface area contributed by atoms with Crippen molar-refractivity contribution in [2.24, 2.45) is 5.92 Å². The molecule has 0 aliphatic carbocycles. The van der Waals surface area contributed by atoms with E-state index in [9.17, 15) is 13.2 Å². The number of piperidine rings is 1. The maximum Gasteiger partial charge on any atom is 0.243 e. The fraction of sp³-hybridized carbons (Fsp3) is 0.667. The second-order valence-corrected chi connectivity index (χ2v) is 9.69. The molecule has 8 heteroatoms. The fourth-order valence-corrected chi connectivity index (χ4v) is 4.79. The van der Waals surface area contributed by atoms with E-state index in [-0.39, 0.29) is 5.91 Å². The van der Waals surface area contributed by atoms with E-state index in [1.807, 2.05) is 6.92 Å². The normalized spacial score (nSPS) is 17.0. The lowest BCUT2D eigenvalue weighted by Crippen LogP contribution is -2.48. The molecule has 0 aromatic heterocycles. The Morgan fingerprint density at radius 3 is 2.45 bits per heavy atom. The Morgan fingerprint density at radius 1 is 1.28 bits per heavy atom. The first-order valence-electron chi connectivity index (χ1n) is 10.4. The summed E-state index contributed by atoms with van der Waals surface area (Å²) in [6, 6.07) is 5.90. The van der Waals surface area contributed by atoms with Crippen molar-refractivity contribution in [3.63, 3.8) is 0 Å². The molecule has 7 nitrogen and oxygen atoms in total. The van der Waals surface area contributed by atoms with Gasteiger partial charge in [-0.05, 0) is 82.9 Å². The van der Waals surface area contributed by atoms with Gasteiger partial charge in [-0.15, -0.1) is 0 Å². The molecule has 1 aromatic rings. The van der Waals surface area contributed by atoms with Crippen molar-refractivity contribution >= 4 is 21.6 Å². The molecule has 0 saturated carbocycles. The molecule has 1 N–H and O–H groups in total. The van der Waals surface area contributed by atoms with Crippen molar-refractivity contribution in [2.75, 3.05) is 43.3 Å². The van der Waals surface area contributed by atoms with E-state index in [0.29, 0.717) is 24.6 Å². The number of nitrogens with one attached hydrogen (secondary N) is 1. The number of hydrogen-bond donors (Lipinski definition) is 1. The molecular formula is C21H35N3O4S. The number of ether oxygens (including phenoxy) is 1. The van der Waals surface area contributed by atoms with E-state index in [0.717, 1.165) is 42.5 Å². The molecule has 1 heterocycles. The zero-order valence-corrected chi connectivity index (χ0v) is 18.9. The lowest BCUT2D eigenvalue weighted by Gasteiger charge is -2.30. The molecule has 2 rings (SSSR count). The second kappa shape index (κ2) is 10.8. The monoisotopic (exact) mass is 425 g/mol. The lowest BCUT2D eigenvalue weighted by atomic mass is 9.99. The molecule has 1 fully saturated rings. The van der Waals surface area contributed by atoms with Crippen LogP contribution in [0.25, 0.3) is 0 Å². The number of carbonyl (C=O) groups is 1. The Balaban J connectivity index is 1.91. The number of anilines is 1. The highest BCUT2D eigenvalue weighted by Gasteiger charge is 2.29. The minimum absolute atomic E-state index is 0.295. The van der Waals surface area contributed by atoms with E-state index >= 15 is 0 Å². The van der Waals surface area contributed by atoms with Crippen molar-refractivity contribution in [2.45, 2.75) is 46.1 Å². The maximum absolute atomic E-state index is 12.6.